The zero-order valence-corrected chi connectivity index (χ0v) is 26.5. The minimum absolute atomic E-state index is 0.0684. The maximum absolute atomic E-state index is 13.1. The van der Waals surface area contributed by atoms with Crippen LogP contribution in [0.2, 0.25) is 40.8 Å². The molecule has 7 nitrogen and oxygen atoms in total. The van der Waals surface area contributed by atoms with Crippen LogP contribution in [0.3, 0.4) is 0 Å². The van der Waals surface area contributed by atoms with Crippen molar-refractivity contribution in [2.75, 3.05) is 0 Å². The molecule has 43 heavy (non-hydrogen) atoms. The van der Waals surface area contributed by atoms with Gasteiger partial charge in [0.25, 0.3) is 5.91 Å². The number of pyridine rings is 1. The van der Waals surface area contributed by atoms with Gasteiger partial charge in [0.15, 0.2) is 0 Å². The van der Waals surface area contributed by atoms with Crippen LogP contribution in [-0.4, -0.2) is 38.8 Å². The molecule has 0 aliphatic heterocycles. The van der Waals surface area contributed by atoms with Crippen LogP contribution in [0, 0.1) is 5.82 Å². The minimum atomic E-state index is -4.54. The summed E-state index contributed by atoms with van der Waals surface area (Å²) in [5.74, 6) is -0.886. The SMILES string of the molecule is C[Si](C)(C)CC(O)(Cn1cncn1)c1ccc(F)cc1.O=C(NCc1ncc(C(F)(F)F)cc1Cl)c1c(Cl)cccc1Cl. The zero-order chi connectivity index (χ0) is 32.0. The smallest absolute Gasteiger partial charge is 0.384 e. The Morgan fingerprint density at radius 1 is 1.00 bits per heavy atom. The maximum atomic E-state index is 13.1. The van der Waals surface area contributed by atoms with E-state index in [9.17, 15) is 27.5 Å². The van der Waals surface area contributed by atoms with E-state index in [2.05, 4.69) is 40.0 Å². The van der Waals surface area contributed by atoms with Crippen molar-refractivity contribution in [2.24, 2.45) is 0 Å². The summed E-state index contributed by atoms with van der Waals surface area (Å²) >= 11 is 17.6. The van der Waals surface area contributed by atoms with E-state index >= 15 is 0 Å². The number of nitrogens with one attached hydrogen (secondary N) is 1. The van der Waals surface area contributed by atoms with Crippen LogP contribution in [0.1, 0.15) is 27.2 Å². The maximum Gasteiger partial charge on any atom is 0.417 e. The normalized spacial score (nSPS) is 13.1. The number of hydrogen-bond acceptors (Lipinski definition) is 5. The lowest BCUT2D eigenvalue weighted by atomic mass is 9.96. The fourth-order valence-electron chi connectivity index (χ4n) is 4.19. The van der Waals surface area contributed by atoms with Gasteiger partial charge in [0.05, 0.1) is 45.0 Å². The predicted molar refractivity (Wildman–Crippen MR) is 160 cm³/mol. The van der Waals surface area contributed by atoms with Gasteiger partial charge >= 0.3 is 6.18 Å². The third kappa shape index (κ3) is 10.0. The van der Waals surface area contributed by atoms with Crippen LogP contribution in [0.4, 0.5) is 17.6 Å². The lowest BCUT2D eigenvalue weighted by Crippen LogP contribution is -2.39. The van der Waals surface area contributed by atoms with Gasteiger partial charge in [-0.15, -0.1) is 0 Å². The van der Waals surface area contributed by atoms with Gasteiger partial charge < -0.3 is 10.4 Å². The van der Waals surface area contributed by atoms with E-state index in [1.165, 1.54) is 30.6 Å². The Balaban J connectivity index is 0.000000238. The number of halogens is 7. The van der Waals surface area contributed by atoms with Crippen LogP contribution in [0.15, 0.2) is 67.4 Å². The summed E-state index contributed by atoms with van der Waals surface area (Å²) in [6.07, 6.45) is -0.863. The highest BCUT2D eigenvalue weighted by molar-refractivity contribution is 6.76. The van der Waals surface area contributed by atoms with Gasteiger partial charge in [-0.05, 0) is 41.9 Å². The van der Waals surface area contributed by atoms with E-state index in [1.807, 2.05) is 0 Å². The van der Waals surface area contributed by atoms with Gasteiger partial charge in [-0.1, -0.05) is 72.6 Å². The highest BCUT2D eigenvalue weighted by Gasteiger charge is 2.36. The highest BCUT2D eigenvalue weighted by Crippen LogP contribution is 2.33. The molecular formula is C28H28Cl3F4N5O2Si. The van der Waals surface area contributed by atoms with Crippen LogP contribution in [0.25, 0.3) is 0 Å². The molecule has 15 heteroatoms. The molecule has 2 N–H and O–H groups in total. The molecule has 0 radical (unpaired) electrons. The van der Waals surface area contributed by atoms with Gasteiger partial charge in [-0.2, -0.15) is 18.3 Å². The largest absolute Gasteiger partial charge is 0.417 e. The Morgan fingerprint density at radius 3 is 2.14 bits per heavy atom. The molecule has 0 bridgehead atoms. The second kappa shape index (κ2) is 14.2. The third-order valence-corrected chi connectivity index (χ3v) is 8.55. The molecule has 0 spiro atoms. The lowest BCUT2D eigenvalue weighted by Gasteiger charge is -2.33. The number of alkyl halides is 3. The van der Waals surface area contributed by atoms with Crippen molar-refractivity contribution in [3.8, 4) is 0 Å². The Morgan fingerprint density at radius 2 is 1.63 bits per heavy atom. The van der Waals surface area contributed by atoms with Gasteiger partial charge in [-0.3, -0.25) is 9.78 Å². The fourth-order valence-corrected chi connectivity index (χ4v) is 7.06. The zero-order valence-electron chi connectivity index (χ0n) is 23.3. The number of hydrogen-bond donors (Lipinski definition) is 2. The Labute approximate surface area is 261 Å². The number of aliphatic hydroxyl groups is 1. The number of rotatable bonds is 8. The molecule has 0 saturated heterocycles. The number of carbonyl (C=O) groups excluding carboxylic acids is 1. The third-order valence-electron chi connectivity index (χ3n) is 5.95. The average Bonchev–Trinajstić information content (AvgIpc) is 3.39. The first-order valence-electron chi connectivity index (χ1n) is 12.7. The summed E-state index contributed by atoms with van der Waals surface area (Å²) in [6.45, 7) is 6.74. The van der Waals surface area contributed by atoms with Crippen LogP contribution >= 0.6 is 34.8 Å². The first kappa shape index (κ1) is 34.5. The summed E-state index contributed by atoms with van der Waals surface area (Å²) in [5.41, 5.74) is -1.13. The van der Waals surface area contributed by atoms with Crippen LogP contribution in [0.5, 0.6) is 0 Å². The second-order valence-corrected chi connectivity index (χ2v) is 17.5. The number of carbonyl (C=O) groups is 1. The molecule has 2 aromatic heterocycles. The van der Waals surface area contributed by atoms with Crippen molar-refractivity contribution >= 4 is 48.8 Å². The molecule has 0 fully saturated rings. The summed E-state index contributed by atoms with van der Waals surface area (Å²) in [5, 5.41) is 17.7. The number of nitrogens with zero attached hydrogens (tertiary/aromatic N) is 4. The second-order valence-electron chi connectivity index (χ2n) is 10.8. The molecule has 1 amide bonds. The minimum Gasteiger partial charge on any atom is -0.384 e. The molecular weight excluding hydrogens is 649 g/mol. The monoisotopic (exact) mass is 675 g/mol. The standard InChI is InChI=1S/C14H8Cl3F3N2O.C14H20FN3OSi/c15-8-2-1-3-9(16)12(8)13(23)22-6-11-10(17)4-7(5-21-11)14(18,19)20;1-20(2,3)9-14(19,8-18-11-16-10-17-18)12-4-6-13(15)7-5-12/h1-5H,6H2,(H,22,23);4-7,10-11,19H,8-9H2,1-3H3. The molecule has 230 valence electrons. The summed E-state index contributed by atoms with van der Waals surface area (Å²) in [4.78, 5) is 19.6. The quantitative estimate of drug-likeness (QED) is 0.148. The van der Waals surface area contributed by atoms with Crippen molar-refractivity contribution in [1.29, 1.82) is 0 Å². The van der Waals surface area contributed by atoms with Crippen molar-refractivity contribution in [3.63, 3.8) is 0 Å². The average molecular weight is 677 g/mol. The number of amides is 1. The molecule has 2 heterocycles. The summed E-state index contributed by atoms with van der Waals surface area (Å²) < 4.78 is 52.3. The van der Waals surface area contributed by atoms with E-state index in [0.29, 0.717) is 18.8 Å². The topological polar surface area (TPSA) is 92.9 Å². The summed E-state index contributed by atoms with van der Waals surface area (Å²) in [7, 11) is -1.53. The number of benzene rings is 2. The van der Waals surface area contributed by atoms with E-state index in [-0.39, 0.29) is 38.7 Å². The number of aromatic nitrogens is 4. The Bertz CT molecular complexity index is 1510. The molecule has 2 aromatic carbocycles. The molecule has 1 atom stereocenters. The Kier molecular flexibility index (Phi) is 11.4. The van der Waals surface area contributed by atoms with E-state index in [1.54, 1.807) is 29.2 Å². The van der Waals surface area contributed by atoms with Gasteiger partial charge in [-0.25, -0.2) is 14.1 Å². The molecule has 1 unspecified atom stereocenters. The van der Waals surface area contributed by atoms with Crippen LogP contribution < -0.4 is 5.32 Å². The molecule has 4 aromatic rings. The van der Waals surface area contributed by atoms with Crippen molar-refractivity contribution in [3.05, 3.63) is 111 Å². The fraction of sp³-hybridized carbons (Fsp3) is 0.286. The molecule has 0 aliphatic rings. The van der Waals surface area contributed by atoms with Gasteiger partial charge in [0.1, 0.15) is 24.1 Å². The van der Waals surface area contributed by atoms with Crippen molar-refractivity contribution < 1.29 is 27.5 Å². The van der Waals surface area contributed by atoms with Gasteiger partial charge in [0.2, 0.25) is 0 Å². The Hall–Kier alpha value is -3.03. The lowest BCUT2D eigenvalue weighted by molar-refractivity contribution is -0.137. The predicted octanol–water partition coefficient (Wildman–Crippen LogP) is 7.63. The molecule has 4 rings (SSSR count). The van der Waals surface area contributed by atoms with E-state index < -0.39 is 31.3 Å². The first-order chi connectivity index (χ1) is 20.0. The molecule has 0 aliphatic carbocycles. The van der Waals surface area contributed by atoms with E-state index in [0.717, 1.165) is 11.6 Å². The van der Waals surface area contributed by atoms with Crippen LogP contribution in [-0.2, 0) is 24.9 Å². The van der Waals surface area contributed by atoms with Crippen molar-refractivity contribution in [1.82, 2.24) is 25.1 Å². The van der Waals surface area contributed by atoms with Gasteiger partial charge in [0, 0.05) is 14.3 Å². The van der Waals surface area contributed by atoms with E-state index in [4.69, 9.17) is 34.8 Å². The highest BCUT2D eigenvalue weighted by atomic mass is 35.5. The first-order valence-corrected chi connectivity index (χ1v) is 17.6. The van der Waals surface area contributed by atoms with Crippen molar-refractivity contribution in [2.45, 2.75) is 50.6 Å². The summed E-state index contributed by atoms with van der Waals surface area (Å²) in [6, 6.07) is 12.0. The molecule has 0 saturated carbocycles.